The number of hydrogen-bond donors (Lipinski definition) is 0. The van der Waals surface area contributed by atoms with E-state index in [-0.39, 0.29) is 16.9 Å². The van der Waals surface area contributed by atoms with E-state index in [4.69, 9.17) is 16.0 Å². The van der Waals surface area contributed by atoms with E-state index >= 15 is 0 Å². The highest BCUT2D eigenvalue weighted by atomic mass is 35.5. The molecule has 0 aliphatic carbocycles. The summed E-state index contributed by atoms with van der Waals surface area (Å²) in [4.78, 5) is 25.4. The maximum Gasteiger partial charge on any atom is 0.280 e. The number of hydrazone groups is 1. The van der Waals surface area contributed by atoms with Crippen molar-refractivity contribution >= 4 is 46.0 Å². The van der Waals surface area contributed by atoms with Gasteiger partial charge in [0.1, 0.15) is 6.26 Å². The van der Waals surface area contributed by atoms with Crippen LogP contribution in [0, 0.1) is 0 Å². The number of benzene rings is 2. The van der Waals surface area contributed by atoms with E-state index in [9.17, 15) is 9.59 Å². The van der Waals surface area contributed by atoms with Gasteiger partial charge < -0.3 is 4.42 Å². The third-order valence-corrected chi connectivity index (χ3v) is 4.44. The minimum atomic E-state index is -0.292. The van der Waals surface area contributed by atoms with Crippen LogP contribution in [-0.4, -0.2) is 11.6 Å². The number of rotatable bonds is 2. The molecule has 0 fully saturated rings. The lowest BCUT2D eigenvalue weighted by molar-refractivity contribution is -0.114. The summed E-state index contributed by atoms with van der Waals surface area (Å²) in [6, 6.07) is 14.1. The van der Waals surface area contributed by atoms with Crippen LogP contribution in [0.1, 0.15) is 12.5 Å². The van der Waals surface area contributed by atoms with E-state index in [1.807, 2.05) is 18.2 Å². The summed E-state index contributed by atoms with van der Waals surface area (Å²) in [5.74, 6) is -0.292. The van der Waals surface area contributed by atoms with Crippen molar-refractivity contribution in [2.24, 2.45) is 5.10 Å². The van der Waals surface area contributed by atoms with Gasteiger partial charge in [-0.2, -0.15) is 10.1 Å². The summed E-state index contributed by atoms with van der Waals surface area (Å²) < 4.78 is 5.51. The van der Waals surface area contributed by atoms with Gasteiger partial charge in [0.15, 0.2) is 11.0 Å². The summed E-state index contributed by atoms with van der Waals surface area (Å²) in [5, 5.41) is 6.35. The van der Waals surface area contributed by atoms with E-state index in [1.54, 1.807) is 37.3 Å². The molecule has 1 aliphatic heterocycles. The molecule has 128 valence electrons. The molecule has 6 heteroatoms. The van der Waals surface area contributed by atoms with Crippen molar-refractivity contribution in [3.63, 3.8) is 0 Å². The second-order valence-electron chi connectivity index (χ2n) is 5.83. The van der Waals surface area contributed by atoms with Crippen LogP contribution >= 0.6 is 11.6 Å². The minimum Gasteiger partial charge on any atom is -0.462 e. The summed E-state index contributed by atoms with van der Waals surface area (Å²) >= 11 is 6.06. The Morgan fingerprint density at radius 2 is 1.85 bits per heavy atom. The van der Waals surface area contributed by atoms with Gasteiger partial charge in [0.2, 0.25) is 0 Å². The molecule has 4 rings (SSSR count). The van der Waals surface area contributed by atoms with Crippen molar-refractivity contribution < 1.29 is 9.21 Å². The Morgan fingerprint density at radius 1 is 1.08 bits per heavy atom. The largest absolute Gasteiger partial charge is 0.462 e. The van der Waals surface area contributed by atoms with Crippen LogP contribution in [0.4, 0.5) is 5.69 Å². The summed E-state index contributed by atoms with van der Waals surface area (Å²) in [6.07, 6.45) is 2.82. The van der Waals surface area contributed by atoms with Gasteiger partial charge in [-0.05, 0) is 37.3 Å². The minimum absolute atomic E-state index is 0.250. The summed E-state index contributed by atoms with van der Waals surface area (Å²) in [5.41, 5.74) is 1.90. The van der Waals surface area contributed by atoms with Gasteiger partial charge >= 0.3 is 0 Å². The van der Waals surface area contributed by atoms with Crippen LogP contribution < -0.4 is 10.4 Å². The number of para-hydroxylation sites is 2. The van der Waals surface area contributed by atoms with Gasteiger partial charge in [0.05, 0.1) is 32.9 Å². The number of carbonyl (C=O) groups excluding carboxylic acids is 1. The zero-order valence-electron chi connectivity index (χ0n) is 13.8. The van der Waals surface area contributed by atoms with Crippen LogP contribution in [0.15, 0.2) is 74.7 Å². The van der Waals surface area contributed by atoms with Crippen LogP contribution in [-0.2, 0) is 4.79 Å². The first-order chi connectivity index (χ1) is 12.6. The zero-order chi connectivity index (χ0) is 18.3. The smallest absolute Gasteiger partial charge is 0.280 e. The lowest BCUT2D eigenvalue weighted by atomic mass is 10.1. The Hall–Kier alpha value is -3.18. The molecular weight excluding hydrogens is 352 g/mol. The molecule has 26 heavy (non-hydrogen) atoms. The molecular formula is C20H13ClN2O3. The Labute approximate surface area is 153 Å². The quantitative estimate of drug-likeness (QED) is 0.638. The lowest BCUT2D eigenvalue weighted by Crippen LogP contribution is -2.21. The first kappa shape index (κ1) is 16.3. The fraction of sp³-hybridized carbons (Fsp3) is 0.0500. The SMILES string of the molecule is CC1=NN(c2ccccc2)C(=O)C1=Cc1coc2c(Cl)cccc2c1=O. The molecule has 0 N–H and O–H groups in total. The van der Waals surface area contributed by atoms with E-state index in [0.29, 0.717) is 33.0 Å². The first-order valence-electron chi connectivity index (χ1n) is 7.93. The average molecular weight is 365 g/mol. The lowest BCUT2D eigenvalue weighted by Gasteiger charge is -2.10. The van der Waals surface area contributed by atoms with Crippen molar-refractivity contribution in [2.75, 3.05) is 5.01 Å². The molecule has 0 saturated carbocycles. The Kier molecular flexibility index (Phi) is 3.93. The molecule has 2 heterocycles. The zero-order valence-corrected chi connectivity index (χ0v) is 14.5. The number of carbonyl (C=O) groups is 1. The van der Waals surface area contributed by atoms with E-state index in [0.717, 1.165) is 0 Å². The molecule has 0 radical (unpaired) electrons. The third-order valence-electron chi connectivity index (χ3n) is 4.14. The molecule has 0 spiro atoms. The molecule has 1 amide bonds. The highest BCUT2D eigenvalue weighted by Crippen LogP contribution is 2.25. The van der Waals surface area contributed by atoms with Crippen LogP contribution in [0.2, 0.25) is 5.02 Å². The van der Waals surface area contributed by atoms with Gasteiger partial charge in [0.25, 0.3) is 5.91 Å². The van der Waals surface area contributed by atoms with Crippen molar-refractivity contribution in [1.29, 1.82) is 0 Å². The second-order valence-corrected chi connectivity index (χ2v) is 6.24. The fourth-order valence-electron chi connectivity index (χ4n) is 2.82. The number of fused-ring (bicyclic) bond motifs is 1. The van der Waals surface area contributed by atoms with Gasteiger partial charge in [-0.25, -0.2) is 0 Å². The van der Waals surface area contributed by atoms with E-state index in [1.165, 1.54) is 17.3 Å². The molecule has 1 aliphatic rings. The Balaban J connectivity index is 1.79. The number of halogens is 1. The second kappa shape index (κ2) is 6.28. The molecule has 3 aromatic rings. The summed E-state index contributed by atoms with van der Waals surface area (Å²) in [7, 11) is 0. The van der Waals surface area contributed by atoms with Crippen molar-refractivity contribution in [3.8, 4) is 0 Å². The van der Waals surface area contributed by atoms with Crippen LogP contribution in [0.5, 0.6) is 0 Å². The number of amides is 1. The highest BCUT2D eigenvalue weighted by Gasteiger charge is 2.29. The third kappa shape index (κ3) is 2.62. The molecule has 0 atom stereocenters. The van der Waals surface area contributed by atoms with E-state index in [2.05, 4.69) is 5.10 Å². The van der Waals surface area contributed by atoms with Gasteiger partial charge in [-0.1, -0.05) is 35.9 Å². The summed E-state index contributed by atoms with van der Waals surface area (Å²) in [6.45, 7) is 1.73. The number of anilines is 1. The fourth-order valence-corrected chi connectivity index (χ4v) is 3.04. The van der Waals surface area contributed by atoms with Crippen molar-refractivity contribution in [2.45, 2.75) is 6.92 Å². The van der Waals surface area contributed by atoms with Crippen molar-refractivity contribution in [1.82, 2.24) is 0 Å². The Bertz CT molecular complexity index is 1150. The molecule has 1 aromatic heterocycles. The van der Waals surface area contributed by atoms with Gasteiger partial charge in [-0.15, -0.1) is 0 Å². The molecule has 0 saturated heterocycles. The highest BCUT2D eigenvalue weighted by molar-refractivity contribution is 6.35. The number of hydrogen-bond acceptors (Lipinski definition) is 4. The van der Waals surface area contributed by atoms with Crippen LogP contribution in [0.3, 0.4) is 0 Å². The topological polar surface area (TPSA) is 62.9 Å². The van der Waals surface area contributed by atoms with Crippen LogP contribution in [0.25, 0.3) is 17.0 Å². The van der Waals surface area contributed by atoms with Crippen molar-refractivity contribution in [3.05, 3.63) is 81.2 Å². The number of nitrogens with zero attached hydrogens (tertiary/aromatic N) is 2. The van der Waals surface area contributed by atoms with E-state index < -0.39 is 0 Å². The monoisotopic (exact) mass is 364 g/mol. The average Bonchev–Trinajstić information content (AvgIpc) is 2.93. The molecule has 0 bridgehead atoms. The maximum atomic E-state index is 12.7. The molecule has 0 unspecified atom stereocenters. The Morgan fingerprint density at radius 3 is 2.62 bits per heavy atom. The van der Waals surface area contributed by atoms with Gasteiger partial charge in [0, 0.05) is 0 Å². The molecule has 2 aromatic carbocycles. The van der Waals surface area contributed by atoms with Gasteiger partial charge in [-0.3, -0.25) is 9.59 Å². The normalized spacial score (nSPS) is 15.8. The first-order valence-corrected chi connectivity index (χ1v) is 8.31. The maximum absolute atomic E-state index is 12.7. The standard InChI is InChI=1S/C20H13ClN2O3/c1-12-16(20(25)23(22-12)14-6-3-2-4-7-14)10-13-11-26-19-15(18(13)24)8-5-9-17(19)21/h2-11H,1H3. The predicted molar refractivity (Wildman–Crippen MR) is 103 cm³/mol. The predicted octanol–water partition coefficient (Wildman–Crippen LogP) is 4.25. The molecule has 5 nitrogen and oxygen atoms in total.